The summed E-state index contributed by atoms with van der Waals surface area (Å²) in [5, 5.41) is 0. The van der Waals surface area contributed by atoms with Gasteiger partial charge in [0.05, 0.1) is 0 Å². The predicted octanol–water partition coefficient (Wildman–Crippen LogP) is -0.359. The fourth-order valence-corrected chi connectivity index (χ4v) is 3.84. The number of rotatable bonds is 9. The average Bonchev–Trinajstić information content (AvgIpc) is 2.56. The number of aromatic nitrogens is 3. The largest absolute Gasteiger partial charge is 0.500 e. The third-order valence-corrected chi connectivity index (χ3v) is 6.28. The fraction of sp³-hybridized carbons (Fsp3) is 0.462. The van der Waals surface area contributed by atoms with Crippen LogP contribution in [-0.4, -0.2) is 43.8 Å². The van der Waals surface area contributed by atoms with Crippen molar-refractivity contribution in [3.8, 4) is 0 Å². The van der Waals surface area contributed by atoms with Crippen molar-refractivity contribution < 1.29 is 13.3 Å². The van der Waals surface area contributed by atoms with Crippen molar-refractivity contribution in [2.45, 2.75) is 19.0 Å². The summed E-state index contributed by atoms with van der Waals surface area (Å²) in [5.74, 6) is 0. The molecule has 1 aromatic heterocycles. The Morgan fingerprint density at radius 1 is 0.913 bits per heavy atom. The van der Waals surface area contributed by atoms with Crippen molar-refractivity contribution in [3.05, 3.63) is 44.6 Å². The van der Waals surface area contributed by atoms with Gasteiger partial charge in [-0.05, 0) is 6.42 Å². The van der Waals surface area contributed by atoms with Gasteiger partial charge in [-0.25, -0.2) is 28.1 Å². The molecule has 0 saturated heterocycles. The van der Waals surface area contributed by atoms with E-state index in [1.807, 2.05) is 0 Å². The summed E-state index contributed by atoms with van der Waals surface area (Å²) >= 11 is 0. The van der Waals surface area contributed by atoms with E-state index in [0.717, 1.165) is 26.1 Å². The van der Waals surface area contributed by atoms with Crippen LogP contribution in [0.3, 0.4) is 0 Å². The van der Waals surface area contributed by atoms with E-state index in [-0.39, 0.29) is 6.54 Å². The minimum Gasteiger partial charge on any atom is -0.377 e. The third kappa shape index (κ3) is 3.67. The Morgan fingerprint density at radius 2 is 1.35 bits per heavy atom. The molecule has 0 aromatic carbocycles. The van der Waals surface area contributed by atoms with Gasteiger partial charge in [0.2, 0.25) is 0 Å². The Kier molecular flexibility index (Phi) is 6.63. The molecule has 0 spiro atoms. The van der Waals surface area contributed by atoms with Gasteiger partial charge in [-0.15, -0.1) is 0 Å². The van der Waals surface area contributed by atoms with Crippen LogP contribution in [0.5, 0.6) is 0 Å². The summed E-state index contributed by atoms with van der Waals surface area (Å²) in [4.78, 5) is 36.3. The molecule has 0 saturated carbocycles. The number of hydrogen-bond donors (Lipinski definition) is 0. The SMILES string of the molecule is C=Cn1c(=O)n(C=C)c(=O)n(CCC[Si](OC)(OC)OC)c1=O. The highest BCUT2D eigenvalue weighted by molar-refractivity contribution is 6.60. The zero-order valence-corrected chi connectivity index (χ0v) is 14.5. The Bertz CT molecular complexity index is 689. The monoisotopic (exact) mass is 343 g/mol. The van der Waals surface area contributed by atoms with Crippen molar-refractivity contribution >= 4 is 21.2 Å². The average molecular weight is 343 g/mol. The first-order chi connectivity index (χ1) is 10.9. The Morgan fingerprint density at radius 3 is 1.70 bits per heavy atom. The minimum absolute atomic E-state index is 0.0739. The first-order valence-corrected chi connectivity index (χ1v) is 8.73. The molecule has 1 heterocycles. The van der Waals surface area contributed by atoms with Crippen LogP contribution in [0.1, 0.15) is 6.42 Å². The standard InChI is InChI=1S/C13H21N3O6Si/c1-6-14-11(17)15(7-2)13(19)16(12(14)18)9-8-10-23(20-3,21-4)22-5/h6-7H,1-2,8-10H2,3-5H3. The van der Waals surface area contributed by atoms with E-state index in [9.17, 15) is 14.4 Å². The molecule has 0 bridgehead atoms. The summed E-state index contributed by atoms with van der Waals surface area (Å²) in [5.41, 5.74) is -2.32. The minimum atomic E-state index is -2.79. The summed E-state index contributed by atoms with van der Waals surface area (Å²) in [6, 6.07) is 0.406. The number of hydrogen-bond acceptors (Lipinski definition) is 6. The lowest BCUT2D eigenvalue weighted by Crippen LogP contribution is -2.52. The Hall–Kier alpha value is -2.01. The van der Waals surface area contributed by atoms with Crippen LogP contribution in [0.4, 0.5) is 0 Å². The van der Waals surface area contributed by atoms with Crippen LogP contribution in [0.2, 0.25) is 6.04 Å². The Balaban J connectivity index is 3.18. The molecule has 0 aliphatic heterocycles. The highest BCUT2D eigenvalue weighted by Gasteiger charge is 2.37. The molecule has 23 heavy (non-hydrogen) atoms. The molecule has 0 N–H and O–H groups in total. The second-order valence-corrected chi connectivity index (χ2v) is 7.59. The first-order valence-electron chi connectivity index (χ1n) is 6.79. The van der Waals surface area contributed by atoms with Gasteiger partial charge >= 0.3 is 25.9 Å². The molecule has 0 atom stereocenters. The topological polar surface area (TPSA) is 93.7 Å². The predicted molar refractivity (Wildman–Crippen MR) is 88.2 cm³/mol. The van der Waals surface area contributed by atoms with E-state index in [4.69, 9.17) is 13.3 Å². The highest BCUT2D eigenvalue weighted by atomic mass is 28.4. The van der Waals surface area contributed by atoms with Crippen molar-refractivity contribution in [2.24, 2.45) is 0 Å². The van der Waals surface area contributed by atoms with Gasteiger partial charge in [0, 0.05) is 46.3 Å². The molecule has 0 unspecified atom stereocenters. The van der Waals surface area contributed by atoms with Crippen LogP contribution >= 0.6 is 0 Å². The van der Waals surface area contributed by atoms with E-state index in [1.54, 1.807) is 0 Å². The van der Waals surface area contributed by atoms with Crippen LogP contribution in [0, 0.1) is 0 Å². The van der Waals surface area contributed by atoms with Crippen molar-refractivity contribution in [1.29, 1.82) is 0 Å². The quantitative estimate of drug-likeness (QED) is 0.569. The summed E-state index contributed by atoms with van der Waals surface area (Å²) < 4.78 is 18.3. The van der Waals surface area contributed by atoms with Crippen molar-refractivity contribution in [3.63, 3.8) is 0 Å². The molecule has 1 rings (SSSR count). The second kappa shape index (κ2) is 8.01. The van der Waals surface area contributed by atoms with Gasteiger partial charge < -0.3 is 13.3 Å². The van der Waals surface area contributed by atoms with E-state index < -0.39 is 25.9 Å². The molecule has 9 nitrogen and oxygen atoms in total. The maximum Gasteiger partial charge on any atom is 0.500 e. The second-order valence-electron chi connectivity index (χ2n) is 4.50. The van der Waals surface area contributed by atoms with Crippen molar-refractivity contribution in [2.75, 3.05) is 21.3 Å². The van der Waals surface area contributed by atoms with Gasteiger partial charge in [0.15, 0.2) is 0 Å². The molecule has 10 heteroatoms. The molecular weight excluding hydrogens is 322 g/mol. The molecule has 1 aromatic rings. The molecule has 0 aliphatic rings. The maximum absolute atomic E-state index is 12.2. The molecule has 0 aliphatic carbocycles. The van der Waals surface area contributed by atoms with Crippen LogP contribution in [0.25, 0.3) is 12.4 Å². The van der Waals surface area contributed by atoms with E-state index >= 15 is 0 Å². The zero-order chi connectivity index (χ0) is 17.6. The lowest BCUT2D eigenvalue weighted by atomic mass is 10.5. The van der Waals surface area contributed by atoms with Crippen LogP contribution in [-0.2, 0) is 19.8 Å². The van der Waals surface area contributed by atoms with E-state index in [1.165, 1.54) is 21.3 Å². The highest BCUT2D eigenvalue weighted by Crippen LogP contribution is 2.14. The fourth-order valence-electron chi connectivity index (χ4n) is 2.14. The van der Waals surface area contributed by atoms with E-state index in [2.05, 4.69) is 13.2 Å². The first kappa shape index (κ1) is 19.0. The maximum atomic E-state index is 12.2. The van der Waals surface area contributed by atoms with Gasteiger partial charge in [-0.3, -0.25) is 0 Å². The van der Waals surface area contributed by atoms with Crippen LogP contribution in [0.15, 0.2) is 27.5 Å². The number of nitrogens with zero attached hydrogens (tertiary/aromatic N) is 3. The molecule has 128 valence electrons. The molecule has 0 radical (unpaired) electrons. The van der Waals surface area contributed by atoms with E-state index in [0.29, 0.717) is 12.5 Å². The normalized spacial score (nSPS) is 11.4. The molecule has 0 fully saturated rings. The Labute approximate surface area is 134 Å². The summed E-state index contributed by atoms with van der Waals surface area (Å²) in [7, 11) is 1.65. The summed E-state index contributed by atoms with van der Waals surface area (Å²) in [6.07, 6.45) is 2.50. The molecular formula is C13H21N3O6Si. The van der Waals surface area contributed by atoms with Crippen molar-refractivity contribution in [1.82, 2.24) is 13.7 Å². The van der Waals surface area contributed by atoms with Gasteiger partial charge in [-0.1, -0.05) is 13.2 Å². The lowest BCUT2D eigenvalue weighted by Gasteiger charge is -2.24. The van der Waals surface area contributed by atoms with Gasteiger partial charge in [0.25, 0.3) is 0 Å². The van der Waals surface area contributed by atoms with Crippen LogP contribution < -0.4 is 17.1 Å². The zero-order valence-electron chi connectivity index (χ0n) is 13.5. The molecule has 0 amide bonds. The smallest absolute Gasteiger partial charge is 0.377 e. The summed E-state index contributed by atoms with van der Waals surface area (Å²) in [6.45, 7) is 6.88. The lowest BCUT2D eigenvalue weighted by molar-refractivity contribution is 0.122. The van der Waals surface area contributed by atoms with Gasteiger partial charge in [0.1, 0.15) is 0 Å². The van der Waals surface area contributed by atoms with Gasteiger partial charge in [-0.2, -0.15) is 0 Å². The third-order valence-electron chi connectivity index (χ3n) is 3.45.